The Labute approximate surface area is 156 Å². The number of hydrogen-bond donors (Lipinski definition) is 2. The fourth-order valence-electron chi connectivity index (χ4n) is 3.65. The lowest BCUT2D eigenvalue weighted by Crippen LogP contribution is -2.46. The summed E-state index contributed by atoms with van der Waals surface area (Å²) < 4.78 is 5.28. The third-order valence-corrected chi connectivity index (χ3v) is 5.10. The molecule has 2 rings (SSSR count). The van der Waals surface area contributed by atoms with Crippen molar-refractivity contribution in [2.45, 2.75) is 52.9 Å². The summed E-state index contributed by atoms with van der Waals surface area (Å²) in [6.45, 7) is 11.6. The molecule has 7 nitrogen and oxygen atoms in total. The van der Waals surface area contributed by atoms with Crippen LogP contribution in [0.4, 0.5) is 0 Å². The highest BCUT2D eigenvalue weighted by Crippen LogP contribution is 2.24. The lowest BCUT2D eigenvalue weighted by Gasteiger charge is -2.34. The van der Waals surface area contributed by atoms with E-state index in [0.717, 1.165) is 55.5 Å². The Hall–Kier alpha value is -2.05. The number of aliphatic imine (C=N–C) groups is 1. The molecule has 146 valence electrons. The maximum absolute atomic E-state index is 11.6. The summed E-state index contributed by atoms with van der Waals surface area (Å²) in [7, 11) is 1.70. The Morgan fingerprint density at radius 1 is 1.38 bits per heavy atom. The minimum atomic E-state index is 0.136. The van der Waals surface area contributed by atoms with E-state index in [2.05, 4.69) is 34.5 Å². The van der Waals surface area contributed by atoms with Gasteiger partial charge in [0.2, 0.25) is 5.91 Å². The van der Waals surface area contributed by atoms with Crippen molar-refractivity contribution < 1.29 is 9.32 Å². The molecule has 0 radical (unpaired) electrons. The summed E-state index contributed by atoms with van der Waals surface area (Å²) in [4.78, 5) is 18.7. The molecule has 0 bridgehead atoms. The average Bonchev–Trinajstić information content (AvgIpc) is 2.97. The zero-order valence-electron chi connectivity index (χ0n) is 16.8. The number of nitrogens with one attached hydrogen (secondary N) is 2. The number of guanidine groups is 1. The van der Waals surface area contributed by atoms with Gasteiger partial charge in [-0.1, -0.05) is 12.1 Å². The molecule has 1 aromatic rings. The molecular formula is C19H33N5O2. The molecule has 1 aliphatic heterocycles. The van der Waals surface area contributed by atoms with Crippen molar-refractivity contribution in [1.82, 2.24) is 20.7 Å². The van der Waals surface area contributed by atoms with Crippen molar-refractivity contribution in [1.29, 1.82) is 0 Å². The number of carbonyl (C=O) groups excluding carboxylic acids is 1. The number of carbonyl (C=O) groups is 1. The topological polar surface area (TPSA) is 82.8 Å². The molecule has 7 heteroatoms. The van der Waals surface area contributed by atoms with Gasteiger partial charge >= 0.3 is 0 Å². The summed E-state index contributed by atoms with van der Waals surface area (Å²) in [5.74, 6) is 2.71. The molecular weight excluding hydrogens is 330 g/mol. The number of piperidine rings is 1. The summed E-state index contributed by atoms with van der Waals surface area (Å²) >= 11 is 0. The van der Waals surface area contributed by atoms with Crippen molar-refractivity contribution in [2.24, 2.45) is 10.9 Å². The predicted molar refractivity (Wildman–Crippen MR) is 103 cm³/mol. The molecule has 0 saturated carbocycles. The van der Waals surface area contributed by atoms with Crippen molar-refractivity contribution in [3.63, 3.8) is 0 Å². The van der Waals surface area contributed by atoms with Crippen LogP contribution in [-0.4, -0.2) is 55.2 Å². The van der Waals surface area contributed by atoms with Crippen LogP contribution in [0.15, 0.2) is 9.52 Å². The molecule has 1 aliphatic rings. The molecule has 1 aromatic heterocycles. The van der Waals surface area contributed by atoms with Crippen molar-refractivity contribution in [2.75, 3.05) is 33.2 Å². The van der Waals surface area contributed by atoms with Gasteiger partial charge in [0.15, 0.2) is 5.96 Å². The van der Waals surface area contributed by atoms with Crippen molar-refractivity contribution >= 4 is 11.9 Å². The van der Waals surface area contributed by atoms with Gasteiger partial charge in [-0.05, 0) is 39.5 Å². The van der Waals surface area contributed by atoms with E-state index in [0.29, 0.717) is 18.9 Å². The molecule has 1 amide bonds. The monoisotopic (exact) mass is 363 g/mol. The first kappa shape index (κ1) is 20.3. The number of rotatable bonds is 6. The van der Waals surface area contributed by atoms with E-state index in [1.54, 1.807) is 7.05 Å². The Morgan fingerprint density at radius 2 is 2.08 bits per heavy atom. The van der Waals surface area contributed by atoms with E-state index in [4.69, 9.17) is 9.52 Å². The van der Waals surface area contributed by atoms with E-state index in [1.165, 1.54) is 0 Å². The van der Waals surface area contributed by atoms with E-state index in [9.17, 15) is 4.79 Å². The van der Waals surface area contributed by atoms with E-state index < -0.39 is 0 Å². The van der Waals surface area contributed by atoms with Crippen LogP contribution in [-0.2, 0) is 4.79 Å². The molecule has 1 saturated heterocycles. The van der Waals surface area contributed by atoms with E-state index in [1.807, 2.05) is 13.8 Å². The predicted octanol–water partition coefficient (Wildman–Crippen LogP) is 2.21. The second-order valence-electron chi connectivity index (χ2n) is 7.14. The molecule has 1 fully saturated rings. The van der Waals surface area contributed by atoms with Gasteiger partial charge in [-0.15, -0.1) is 0 Å². The number of aryl methyl sites for hydroxylation is 2. The fourth-order valence-corrected chi connectivity index (χ4v) is 3.65. The quantitative estimate of drug-likeness (QED) is 0.598. The van der Waals surface area contributed by atoms with Crippen LogP contribution in [0.2, 0.25) is 0 Å². The minimum Gasteiger partial charge on any atom is -0.361 e. The standard InChI is InChI=1S/C19H33N5O2/c1-6-21-19(22-12-13(2)18-14(3)23-26-15(18)4)24-9-7-16(8-10-24)11-17(25)20-5/h13,16H,6-12H2,1-5H3,(H,20,25)(H,21,22). The van der Waals surface area contributed by atoms with Crippen LogP contribution in [0.5, 0.6) is 0 Å². The first-order chi connectivity index (χ1) is 12.5. The maximum Gasteiger partial charge on any atom is 0.220 e. The van der Waals surface area contributed by atoms with Gasteiger partial charge in [-0.2, -0.15) is 0 Å². The number of likely N-dealkylation sites (tertiary alicyclic amines) is 1. The van der Waals surface area contributed by atoms with Crippen LogP contribution < -0.4 is 10.6 Å². The Kier molecular flexibility index (Phi) is 7.48. The molecule has 1 atom stereocenters. The Morgan fingerprint density at radius 3 is 2.62 bits per heavy atom. The molecule has 1 unspecified atom stereocenters. The minimum absolute atomic E-state index is 0.136. The highest BCUT2D eigenvalue weighted by atomic mass is 16.5. The van der Waals surface area contributed by atoms with Crippen LogP contribution in [0.25, 0.3) is 0 Å². The van der Waals surface area contributed by atoms with Crippen LogP contribution in [0.1, 0.15) is 56.0 Å². The summed E-state index contributed by atoms with van der Waals surface area (Å²) in [6, 6.07) is 0. The third-order valence-electron chi connectivity index (χ3n) is 5.10. The summed E-state index contributed by atoms with van der Waals surface area (Å²) in [5, 5.41) is 10.2. The number of amides is 1. The van der Waals surface area contributed by atoms with E-state index in [-0.39, 0.29) is 11.8 Å². The van der Waals surface area contributed by atoms with Gasteiger partial charge in [0.25, 0.3) is 0 Å². The molecule has 0 aromatic carbocycles. The number of aromatic nitrogens is 1. The highest BCUT2D eigenvalue weighted by molar-refractivity contribution is 5.80. The van der Waals surface area contributed by atoms with Gasteiger partial charge in [-0.3, -0.25) is 9.79 Å². The van der Waals surface area contributed by atoms with E-state index >= 15 is 0 Å². The second-order valence-corrected chi connectivity index (χ2v) is 7.14. The summed E-state index contributed by atoms with van der Waals surface area (Å²) in [6.07, 6.45) is 2.68. The fraction of sp³-hybridized carbons (Fsp3) is 0.737. The van der Waals surface area contributed by atoms with Crippen molar-refractivity contribution in [3.8, 4) is 0 Å². The molecule has 26 heavy (non-hydrogen) atoms. The Bertz CT molecular complexity index is 598. The Balaban J connectivity index is 1.96. The SMILES string of the molecule is CCNC(=NCC(C)c1c(C)noc1C)N1CCC(CC(=O)NC)CC1. The number of nitrogens with zero attached hydrogens (tertiary/aromatic N) is 3. The summed E-state index contributed by atoms with van der Waals surface area (Å²) in [5.41, 5.74) is 2.11. The molecule has 0 aliphatic carbocycles. The van der Waals surface area contributed by atoms with Crippen LogP contribution in [0.3, 0.4) is 0 Å². The second kappa shape index (κ2) is 9.59. The van der Waals surface area contributed by atoms with Gasteiger partial charge < -0.3 is 20.1 Å². The zero-order valence-corrected chi connectivity index (χ0v) is 16.8. The van der Waals surface area contributed by atoms with Gasteiger partial charge in [0.05, 0.1) is 5.69 Å². The van der Waals surface area contributed by atoms with Crippen LogP contribution in [0, 0.1) is 19.8 Å². The third kappa shape index (κ3) is 5.22. The first-order valence-electron chi connectivity index (χ1n) is 9.62. The molecule has 0 spiro atoms. The molecule has 2 N–H and O–H groups in total. The largest absolute Gasteiger partial charge is 0.361 e. The first-order valence-corrected chi connectivity index (χ1v) is 9.62. The molecule has 2 heterocycles. The van der Waals surface area contributed by atoms with Gasteiger partial charge in [0.1, 0.15) is 5.76 Å². The highest BCUT2D eigenvalue weighted by Gasteiger charge is 2.23. The maximum atomic E-state index is 11.6. The normalized spacial score (nSPS) is 17.3. The smallest absolute Gasteiger partial charge is 0.220 e. The van der Waals surface area contributed by atoms with Gasteiger partial charge in [0, 0.05) is 51.1 Å². The lowest BCUT2D eigenvalue weighted by atomic mass is 9.93. The van der Waals surface area contributed by atoms with Crippen molar-refractivity contribution in [3.05, 3.63) is 17.0 Å². The zero-order chi connectivity index (χ0) is 19.1. The lowest BCUT2D eigenvalue weighted by molar-refractivity contribution is -0.121. The average molecular weight is 364 g/mol. The van der Waals surface area contributed by atoms with Crippen LogP contribution >= 0.6 is 0 Å². The number of hydrogen-bond acceptors (Lipinski definition) is 4. The van der Waals surface area contributed by atoms with Gasteiger partial charge in [-0.25, -0.2) is 0 Å².